The SMILES string of the molecule is CCCCCC[C@H]1CC[C@H]([C@H]2CC[C@H](C#Cc3ccc(CC)c(F)c3)CC2)CC1. The molecule has 0 N–H and O–H groups in total. The van der Waals surface area contributed by atoms with E-state index in [9.17, 15) is 4.39 Å². The van der Waals surface area contributed by atoms with Crippen LogP contribution in [0, 0.1) is 41.3 Å². The molecule has 2 aliphatic carbocycles. The number of hydrogen-bond donors (Lipinski definition) is 0. The van der Waals surface area contributed by atoms with E-state index in [1.165, 1.54) is 83.5 Å². The third kappa shape index (κ3) is 6.87. The van der Waals surface area contributed by atoms with E-state index in [-0.39, 0.29) is 5.82 Å². The Balaban J connectivity index is 1.38. The van der Waals surface area contributed by atoms with Crippen LogP contribution in [0.2, 0.25) is 0 Å². The molecule has 0 radical (unpaired) electrons. The third-order valence-corrected chi connectivity index (χ3v) is 7.65. The zero-order chi connectivity index (χ0) is 20.5. The van der Waals surface area contributed by atoms with Crippen LogP contribution in [0.4, 0.5) is 4.39 Å². The average molecular weight is 397 g/mol. The molecular weight excluding hydrogens is 355 g/mol. The van der Waals surface area contributed by atoms with Gasteiger partial charge in [0.05, 0.1) is 0 Å². The van der Waals surface area contributed by atoms with Crippen LogP contribution in [0.15, 0.2) is 18.2 Å². The molecule has 0 nitrogen and oxygen atoms in total. The molecule has 0 heterocycles. The Morgan fingerprint density at radius 3 is 2.17 bits per heavy atom. The van der Waals surface area contributed by atoms with Crippen molar-refractivity contribution < 1.29 is 4.39 Å². The minimum Gasteiger partial charge on any atom is -0.207 e. The summed E-state index contributed by atoms with van der Waals surface area (Å²) in [5.74, 6) is 10.0. The topological polar surface area (TPSA) is 0 Å². The molecule has 29 heavy (non-hydrogen) atoms. The molecule has 2 aliphatic rings. The highest BCUT2D eigenvalue weighted by molar-refractivity contribution is 5.37. The zero-order valence-corrected chi connectivity index (χ0v) is 18.8. The number of halogens is 1. The second kappa shape index (κ2) is 11.8. The van der Waals surface area contributed by atoms with Crippen LogP contribution in [0.3, 0.4) is 0 Å². The number of aryl methyl sites for hydroxylation is 1. The smallest absolute Gasteiger partial charge is 0.127 e. The lowest BCUT2D eigenvalue weighted by atomic mass is 9.69. The first-order valence-electron chi connectivity index (χ1n) is 12.5. The fourth-order valence-electron chi connectivity index (χ4n) is 5.64. The summed E-state index contributed by atoms with van der Waals surface area (Å²) in [6.07, 6.45) is 19.0. The predicted molar refractivity (Wildman–Crippen MR) is 122 cm³/mol. The van der Waals surface area contributed by atoms with Gasteiger partial charge in [0.15, 0.2) is 0 Å². The van der Waals surface area contributed by atoms with E-state index in [1.807, 2.05) is 19.1 Å². The van der Waals surface area contributed by atoms with Crippen molar-refractivity contribution in [3.05, 3.63) is 35.1 Å². The molecule has 0 amide bonds. The minimum absolute atomic E-state index is 0.107. The minimum atomic E-state index is -0.107. The molecule has 1 aromatic carbocycles. The van der Waals surface area contributed by atoms with Crippen LogP contribution in [0.1, 0.15) is 108 Å². The summed E-state index contributed by atoms with van der Waals surface area (Å²) in [6, 6.07) is 5.47. The van der Waals surface area contributed by atoms with Crippen LogP contribution in [-0.2, 0) is 6.42 Å². The van der Waals surface area contributed by atoms with E-state index < -0.39 is 0 Å². The van der Waals surface area contributed by atoms with Gasteiger partial charge < -0.3 is 0 Å². The van der Waals surface area contributed by atoms with Gasteiger partial charge in [-0.15, -0.1) is 0 Å². The predicted octanol–water partition coefficient (Wildman–Crippen LogP) is 8.32. The molecule has 0 atom stereocenters. The lowest BCUT2D eigenvalue weighted by Gasteiger charge is -2.37. The van der Waals surface area contributed by atoms with Gasteiger partial charge >= 0.3 is 0 Å². The van der Waals surface area contributed by atoms with E-state index in [4.69, 9.17) is 0 Å². The maximum atomic E-state index is 13.9. The summed E-state index contributed by atoms with van der Waals surface area (Å²) in [5.41, 5.74) is 1.62. The normalized spacial score (nSPS) is 27.3. The Bertz CT molecular complexity index is 663. The maximum absolute atomic E-state index is 13.9. The fourth-order valence-corrected chi connectivity index (χ4v) is 5.64. The summed E-state index contributed by atoms with van der Waals surface area (Å²) in [4.78, 5) is 0. The molecule has 3 rings (SSSR count). The molecule has 1 heteroatoms. The Morgan fingerprint density at radius 1 is 0.862 bits per heavy atom. The molecule has 0 unspecified atom stereocenters. The van der Waals surface area contributed by atoms with Crippen LogP contribution >= 0.6 is 0 Å². The van der Waals surface area contributed by atoms with Crippen molar-refractivity contribution in [1.82, 2.24) is 0 Å². The maximum Gasteiger partial charge on any atom is 0.127 e. The fraction of sp³-hybridized carbons (Fsp3) is 0.714. The van der Waals surface area contributed by atoms with Crippen molar-refractivity contribution in [3.8, 4) is 11.8 Å². The Hall–Kier alpha value is -1.29. The largest absolute Gasteiger partial charge is 0.207 e. The van der Waals surface area contributed by atoms with Gasteiger partial charge in [0.2, 0.25) is 0 Å². The van der Waals surface area contributed by atoms with Gasteiger partial charge in [-0.25, -0.2) is 4.39 Å². The number of rotatable bonds is 7. The molecule has 2 fully saturated rings. The average Bonchev–Trinajstić information content (AvgIpc) is 2.76. The molecule has 2 saturated carbocycles. The Kier molecular flexibility index (Phi) is 9.10. The van der Waals surface area contributed by atoms with Crippen LogP contribution in [0.25, 0.3) is 0 Å². The van der Waals surface area contributed by atoms with Crippen molar-refractivity contribution in [3.63, 3.8) is 0 Å². The standard InChI is InChI=1S/C28H41F/c1-3-5-6-7-8-22-11-17-26(18-12-22)27-19-13-23(14-20-27)9-10-24-15-16-25(4-2)28(29)21-24/h15-16,21-23,26-27H,3-8,11-14,17-20H2,1-2H3/t22-,23-,26-,27-. The number of unbranched alkanes of at least 4 members (excludes halogenated alkanes) is 3. The second-order valence-electron chi connectivity index (χ2n) is 9.67. The van der Waals surface area contributed by atoms with Gasteiger partial charge in [0.1, 0.15) is 5.82 Å². The van der Waals surface area contributed by atoms with Crippen molar-refractivity contribution in [2.24, 2.45) is 23.7 Å². The molecular formula is C28H41F. The molecule has 0 spiro atoms. The summed E-state index contributed by atoms with van der Waals surface area (Å²) < 4.78 is 13.9. The van der Waals surface area contributed by atoms with Crippen molar-refractivity contribution >= 4 is 0 Å². The van der Waals surface area contributed by atoms with E-state index in [0.29, 0.717) is 5.92 Å². The molecule has 160 valence electrons. The molecule has 0 saturated heterocycles. The van der Waals surface area contributed by atoms with E-state index in [2.05, 4.69) is 18.8 Å². The monoisotopic (exact) mass is 396 g/mol. The quantitative estimate of drug-likeness (QED) is 0.321. The highest BCUT2D eigenvalue weighted by Gasteiger charge is 2.30. The van der Waals surface area contributed by atoms with Crippen LogP contribution in [0.5, 0.6) is 0 Å². The molecule has 0 aromatic heterocycles. The van der Waals surface area contributed by atoms with Crippen LogP contribution in [-0.4, -0.2) is 0 Å². The number of benzene rings is 1. The highest BCUT2D eigenvalue weighted by Crippen LogP contribution is 2.42. The third-order valence-electron chi connectivity index (χ3n) is 7.65. The zero-order valence-electron chi connectivity index (χ0n) is 18.8. The Morgan fingerprint density at radius 2 is 1.55 bits per heavy atom. The molecule has 0 bridgehead atoms. The first kappa shape index (κ1) is 22.4. The van der Waals surface area contributed by atoms with Gasteiger partial charge in [-0.3, -0.25) is 0 Å². The van der Waals surface area contributed by atoms with Crippen molar-refractivity contribution in [2.45, 2.75) is 104 Å². The van der Waals surface area contributed by atoms with E-state index >= 15 is 0 Å². The van der Waals surface area contributed by atoms with Crippen LogP contribution < -0.4 is 0 Å². The van der Waals surface area contributed by atoms with Gasteiger partial charge in [0, 0.05) is 11.5 Å². The lowest BCUT2D eigenvalue weighted by molar-refractivity contribution is 0.153. The van der Waals surface area contributed by atoms with Gasteiger partial charge in [-0.05, 0) is 80.4 Å². The van der Waals surface area contributed by atoms with Crippen molar-refractivity contribution in [1.29, 1.82) is 0 Å². The molecule has 0 aliphatic heterocycles. The summed E-state index contributed by atoms with van der Waals surface area (Å²) in [7, 11) is 0. The van der Waals surface area contributed by atoms with Crippen molar-refractivity contribution in [2.75, 3.05) is 0 Å². The first-order valence-corrected chi connectivity index (χ1v) is 12.5. The number of hydrogen-bond acceptors (Lipinski definition) is 0. The second-order valence-corrected chi connectivity index (χ2v) is 9.67. The van der Waals surface area contributed by atoms with Gasteiger partial charge in [-0.2, -0.15) is 0 Å². The first-order chi connectivity index (χ1) is 14.2. The summed E-state index contributed by atoms with van der Waals surface area (Å²) in [5, 5.41) is 0. The van der Waals surface area contributed by atoms with E-state index in [0.717, 1.165) is 35.3 Å². The lowest BCUT2D eigenvalue weighted by Crippen LogP contribution is -2.25. The summed E-state index contributed by atoms with van der Waals surface area (Å²) >= 11 is 0. The molecule has 1 aromatic rings. The Labute approximate surface area is 179 Å². The summed E-state index contributed by atoms with van der Waals surface area (Å²) in [6.45, 7) is 4.29. The highest BCUT2D eigenvalue weighted by atomic mass is 19.1. The van der Waals surface area contributed by atoms with Gasteiger partial charge in [-0.1, -0.05) is 76.7 Å². The van der Waals surface area contributed by atoms with Gasteiger partial charge in [0.25, 0.3) is 0 Å². The van der Waals surface area contributed by atoms with E-state index in [1.54, 1.807) is 6.07 Å².